The monoisotopic (exact) mass is 382 g/mol. The molecule has 146 valence electrons. The summed E-state index contributed by atoms with van der Waals surface area (Å²) in [5.74, 6) is 0.0126. The summed E-state index contributed by atoms with van der Waals surface area (Å²) in [5, 5.41) is 6.70. The van der Waals surface area contributed by atoms with Gasteiger partial charge in [-0.15, -0.1) is 0 Å². The molecule has 0 aliphatic carbocycles. The lowest BCUT2D eigenvalue weighted by Gasteiger charge is -2.03. The Balaban J connectivity index is 0.000000242. The number of rotatable bonds is 4. The molecular formula is C20H23FN6O. The van der Waals surface area contributed by atoms with Gasteiger partial charge in [0.2, 0.25) is 6.41 Å². The van der Waals surface area contributed by atoms with E-state index in [-0.39, 0.29) is 11.6 Å². The molecule has 3 rings (SSSR count). The van der Waals surface area contributed by atoms with Crippen LogP contribution in [0.4, 0.5) is 4.39 Å². The van der Waals surface area contributed by atoms with Crippen LogP contribution in [0.2, 0.25) is 0 Å². The number of allylic oxidation sites excluding steroid dienone is 3. The number of aryl methyl sites for hydroxylation is 2. The molecule has 0 saturated heterocycles. The van der Waals surface area contributed by atoms with Gasteiger partial charge in [0.05, 0.1) is 17.1 Å². The summed E-state index contributed by atoms with van der Waals surface area (Å²) in [6.07, 6.45) is 3.63. The number of carbonyl (C=O) groups is 1. The van der Waals surface area contributed by atoms with Gasteiger partial charge in [-0.1, -0.05) is 12.1 Å². The van der Waals surface area contributed by atoms with Crippen molar-refractivity contribution in [1.29, 1.82) is 0 Å². The van der Waals surface area contributed by atoms with Gasteiger partial charge in [-0.3, -0.25) is 4.79 Å². The summed E-state index contributed by atoms with van der Waals surface area (Å²) < 4.78 is 15.5. The Kier molecular flexibility index (Phi) is 6.86. The number of halogens is 1. The Morgan fingerprint density at radius 2 is 1.86 bits per heavy atom. The fraction of sp³-hybridized carbons (Fsp3) is 0.150. The van der Waals surface area contributed by atoms with Crippen molar-refractivity contribution in [2.75, 3.05) is 0 Å². The number of nitrogens with zero attached hydrogens (tertiary/aromatic N) is 3. The zero-order chi connectivity index (χ0) is 20.7. The molecule has 0 spiro atoms. The van der Waals surface area contributed by atoms with Gasteiger partial charge < -0.3 is 16.8 Å². The van der Waals surface area contributed by atoms with Crippen molar-refractivity contribution in [3.05, 3.63) is 77.3 Å². The normalized spacial score (nSPS) is 11.7. The minimum absolute atomic E-state index is 0.265. The summed E-state index contributed by atoms with van der Waals surface area (Å²) in [5.41, 5.74) is 15.0. The highest BCUT2D eigenvalue weighted by Crippen LogP contribution is 2.21. The standard InChI is InChI=1S/C14H12FN3.C6H11N3O/c1-9-10(2)18-14(16-9)8-7-13(17-18)11-5-3-4-6-12(11)15;1-5(7)2-3-6(8)9-4-10/h3-8H,1-2H3;2-4H,7-8H2,1H3,(H,9,10)/b;5-2-,6-3+. The Labute approximate surface area is 162 Å². The topological polar surface area (TPSA) is 111 Å². The molecule has 1 amide bonds. The molecule has 0 unspecified atom stereocenters. The van der Waals surface area contributed by atoms with E-state index in [1.165, 1.54) is 12.1 Å². The lowest BCUT2D eigenvalue weighted by Crippen LogP contribution is -2.17. The molecule has 0 aliphatic rings. The SMILES string of the molecule is C/C(N)=C/C=C(\N)NC=O.Cc1nc2ccc(-c3ccccc3F)nn2c1C. The van der Waals surface area contributed by atoms with E-state index in [0.29, 0.717) is 23.4 Å². The zero-order valence-corrected chi connectivity index (χ0v) is 16.0. The van der Waals surface area contributed by atoms with Crippen molar-refractivity contribution in [3.63, 3.8) is 0 Å². The zero-order valence-electron chi connectivity index (χ0n) is 16.0. The van der Waals surface area contributed by atoms with E-state index in [1.807, 2.05) is 19.9 Å². The number of aromatic nitrogens is 3. The van der Waals surface area contributed by atoms with Gasteiger partial charge in [-0.25, -0.2) is 13.9 Å². The molecule has 2 heterocycles. The van der Waals surface area contributed by atoms with Gasteiger partial charge in [0.15, 0.2) is 5.65 Å². The number of amides is 1. The van der Waals surface area contributed by atoms with Crippen molar-refractivity contribution in [1.82, 2.24) is 19.9 Å². The van der Waals surface area contributed by atoms with Gasteiger partial charge in [0.25, 0.3) is 0 Å². The number of nitrogens with one attached hydrogen (secondary N) is 1. The second-order valence-electron chi connectivity index (χ2n) is 6.05. The van der Waals surface area contributed by atoms with E-state index in [0.717, 1.165) is 17.0 Å². The third-order valence-electron chi connectivity index (χ3n) is 3.84. The van der Waals surface area contributed by atoms with E-state index in [9.17, 15) is 9.18 Å². The van der Waals surface area contributed by atoms with Gasteiger partial charge in [-0.05, 0) is 57.2 Å². The smallest absolute Gasteiger partial charge is 0.212 e. The summed E-state index contributed by atoms with van der Waals surface area (Å²) in [4.78, 5) is 14.2. The van der Waals surface area contributed by atoms with Crippen molar-refractivity contribution < 1.29 is 9.18 Å². The van der Waals surface area contributed by atoms with Crippen LogP contribution >= 0.6 is 0 Å². The summed E-state index contributed by atoms with van der Waals surface area (Å²) in [6, 6.07) is 10.3. The van der Waals surface area contributed by atoms with Gasteiger partial charge >= 0.3 is 0 Å². The molecule has 0 saturated carbocycles. The van der Waals surface area contributed by atoms with E-state index in [1.54, 1.807) is 41.8 Å². The fourth-order valence-electron chi connectivity index (χ4n) is 2.30. The van der Waals surface area contributed by atoms with Gasteiger partial charge in [-0.2, -0.15) is 5.10 Å². The first kappa shape index (κ1) is 20.6. The maximum absolute atomic E-state index is 13.7. The molecule has 1 aromatic carbocycles. The summed E-state index contributed by atoms with van der Waals surface area (Å²) >= 11 is 0. The average Bonchev–Trinajstić information content (AvgIpc) is 2.95. The highest BCUT2D eigenvalue weighted by molar-refractivity contribution is 5.61. The van der Waals surface area contributed by atoms with E-state index in [4.69, 9.17) is 11.5 Å². The maximum Gasteiger partial charge on any atom is 0.212 e. The lowest BCUT2D eigenvalue weighted by atomic mass is 10.1. The highest BCUT2D eigenvalue weighted by Gasteiger charge is 2.09. The lowest BCUT2D eigenvalue weighted by molar-refractivity contribution is -0.108. The molecule has 0 bridgehead atoms. The Morgan fingerprint density at radius 3 is 2.50 bits per heavy atom. The van der Waals surface area contributed by atoms with Crippen LogP contribution in [0, 0.1) is 19.7 Å². The van der Waals surface area contributed by atoms with Crippen molar-refractivity contribution in [2.45, 2.75) is 20.8 Å². The first-order chi connectivity index (χ1) is 13.3. The average molecular weight is 382 g/mol. The number of imidazole rings is 1. The minimum Gasteiger partial charge on any atom is -0.402 e. The van der Waals surface area contributed by atoms with E-state index in [2.05, 4.69) is 15.4 Å². The number of hydrogen-bond acceptors (Lipinski definition) is 5. The maximum atomic E-state index is 13.7. The molecule has 7 nitrogen and oxygen atoms in total. The van der Waals surface area contributed by atoms with Gasteiger partial charge in [0, 0.05) is 11.3 Å². The van der Waals surface area contributed by atoms with Crippen LogP contribution in [0.5, 0.6) is 0 Å². The molecule has 0 radical (unpaired) electrons. The van der Waals surface area contributed by atoms with Crippen LogP contribution in [0.1, 0.15) is 18.3 Å². The summed E-state index contributed by atoms with van der Waals surface area (Å²) in [7, 11) is 0. The largest absolute Gasteiger partial charge is 0.402 e. The number of benzene rings is 1. The van der Waals surface area contributed by atoms with Crippen LogP contribution in [0.3, 0.4) is 0 Å². The number of fused-ring (bicyclic) bond motifs is 1. The van der Waals surface area contributed by atoms with Crippen molar-refractivity contribution >= 4 is 12.1 Å². The quantitative estimate of drug-likeness (QED) is 0.474. The Bertz CT molecular complexity index is 1030. The molecule has 8 heteroatoms. The molecule has 5 N–H and O–H groups in total. The van der Waals surface area contributed by atoms with Crippen LogP contribution in [0.25, 0.3) is 16.9 Å². The van der Waals surface area contributed by atoms with E-state index < -0.39 is 0 Å². The molecule has 2 aromatic heterocycles. The Hall–Kier alpha value is -3.68. The third kappa shape index (κ3) is 5.16. The van der Waals surface area contributed by atoms with Crippen LogP contribution in [-0.4, -0.2) is 21.0 Å². The molecular weight excluding hydrogens is 359 g/mol. The van der Waals surface area contributed by atoms with E-state index >= 15 is 0 Å². The highest BCUT2D eigenvalue weighted by atomic mass is 19.1. The molecule has 3 aromatic rings. The minimum atomic E-state index is -0.265. The molecule has 0 fully saturated rings. The molecule has 0 atom stereocenters. The molecule has 28 heavy (non-hydrogen) atoms. The first-order valence-electron chi connectivity index (χ1n) is 8.51. The van der Waals surface area contributed by atoms with Gasteiger partial charge in [0.1, 0.15) is 11.6 Å². The predicted octanol–water partition coefficient (Wildman–Crippen LogP) is 2.55. The van der Waals surface area contributed by atoms with Crippen molar-refractivity contribution in [2.24, 2.45) is 11.5 Å². The number of hydrogen-bond donors (Lipinski definition) is 3. The van der Waals surface area contributed by atoms with Crippen LogP contribution in [0.15, 0.2) is 60.1 Å². The molecule has 0 aliphatic heterocycles. The predicted molar refractivity (Wildman–Crippen MR) is 107 cm³/mol. The van der Waals surface area contributed by atoms with Crippen molar-refractivity contribution in [3.8, 4) is 11.3 Å². The first-order valence-corrected chi connectivity index (χ1v) is 8.51. The van der Waals surface area contributed by atoms with Crippen LogP contribution in [-0.2, 0) is 4.79 Å². The second kappa shape index (κ2) is 9.31. The summed E-state index contributed by atoms with van der Waals surface area (Å²) in [6.45, 7) is 5.62. The van der Waals surface area contributed by atoms with Crippen LogP contribution < -0.4 is 16.8 Å². The fourth-order valence-corrected chi connectivity index (χ4v) is 2.30. The number of nitrogens with two attached hydrogens (primary N) is 2. The number of carbonyl (C=O) groups excluding carboxylic acids is 1. The second-order valence-corrected chi connectivity index (χ2v) is 6.05. The Morgan fingerprint density at radius 1 is 1.14 bits per heavy atom. The third-order valence-corrected chi connectivity index (χ3v) is 3.84.